The summed E-state index contributed by atoms with van der Waals surface area (Å²) in [5.41, 5.74) is 0.771. The molecule has 4 nitrogen and oxygen atoms in total. The zero-order valence-electron chi connectivity index (χ0n) is 14.4. The van der Waals surface area contributed by atoms with E-state index in [9.17, 15) is 14.0 Å². The molecule has 0 bridgehead atoms. The Labute approximate surface area is 156 Å². The monoisotopic (exact) mass is 372 g/mol. The van der Waals surface area contributed by atoms with E-state index in [2.05, 4.69) is 5.32 Å². The third-order valence-electron chi connectivity index (χ3n) is 4.36. The predicted octanol–water partition coefficient (Wildman–Crippen LogP) is 3.80. The molecule has 0 saturated carbocycles. The van der Waals surface area contributed by atoms with Gasteiger partial charge < -0.3 is 10.2 Å². The number of para-hydroxylation sites is 1. The third-order valence-corrected chi connectivity index (χ3v) is 5.36. The average molecular weight is 372 g/mol. The van der Waals surface area contributed by atoms with E-state index in [4.69, 9.17) is 0 Å². The van der Waals surface area contributed by atoms with Gasteiger partial charge in [0.15, 0.2) is 0 Å². The van der Waals surface area contributed by atoms with Crippen LogP contribution in [0.2, 0.25) is 0 Å². The molecule has 6 heteroatoms. The topological polar surface area (TPSA) is 49.4 Å². The summed E-state index contributed by atoms with van der Waals surface area (Å²) in [6, 6.07) is 15.5. The second-order valence-electron chi connectivity index (χ2n) is 6.28. The van der Waals surface area contributed by atoms with Crippen LogP contribution >= 0.6 is 11.8 Å². The summed E-state index contributed by atoms with van der Waals surface area (Å²) in [5.74, 6) is -0.220. The van der Waals surface area contributed by atoms with Crippen LogP contribution in [0.4, 0.5) is 10.1 Å². The Hall–Kier alpha value is -2.34. The highest BCUT2D eigenvalue weighted by Crippen LogP contribution is 2.22. The van der Waals surface area contributed by atoms with Gasteiger partial charge in [0.25, 0.3) is 0 Å². The van der Waals surface area contributed by atoms with E-state index in [1.807, 2.05) is 30.3 Å². The fourth-order valence-electron chi connectivity index (χ4n) is 2.95. The van der Waals surface area contributed by atoms with Crippen LogP contribution in [0, 0.1) is 11.7 Å². The lowest BCUT2D eigenvalue weighted by molar-refractivity contribution is -0.132. The molecule has 2 aromatic carbocycles. The molecule has 1 unspecified atom stereocenters. The first kappa shape index (κ1) is 18.5. The molecule has 2 amide bonds. The maximum atomic E-state index is 12.9. The van der Waals surface area contributed by atoms with Crippen LogP contribution in [-0.4, -0.2) is 35.6 Å². The molecule has 0 aromatic heterocycles. The van der Waals surface area contributed by atoms with Gasteiger partial charge in [0.05, 0.1) is 11.7 Å². The predicted molar refractivity (Wildman–Crippen MR) is 101 cm³/mol. The summed E-state index contributed by atoms with van der Waals surface area (Å²) < 4.78 is 12.9. The first-order valence-corrected chi connectivity index (χ1v) is 9.62. The van der Waals surface area contributed by atoms with Crippen LogP contribution in [0.1, 0.15) is 12.8 Å². The Morgan fingerprint density at radius 3 is 2.58 bits per heavy atom. The number of halogens is 1. The lowest BCUT2D eigenvalue weighted by Gasteiger charge is -2.32. The molecule has 2 aromatic rings. The number of carbonyl (C=O) groups excluding carboxylic acids is 2. The number of thioether (sulfide) groups is 1. The van der Waals surface area contributed by atoms with Gasteiger partial charge in [-0.1, -0.05) is 18.2 Å². The van der Waals surface area contributed by atoms with Crippen molar-refractivity contribution < 1.29 is 14.0 Å². The van der Waals surface area contributed by atoms with Crippen LogP contribution in [-0.2, 0) is 9.59 Å². The number of rotatable bonds is 5. The highest BCUT2D eigenvalue weighted by molar-refractivity contribution is 8.00. The van der Waals surface area contributed by atoms with Crippen LogP contribution < -0.4 is 5.32 Å². The van der Waals surface area contributed by atoms with Crippen LogP contribution in [0.15, 0.2) is 59.5 Å². The maximum Gasteiger partial charge on any atom is 0.232 e. The summed E-state index contributed by atoms with van der Waals surface area (Å²) in [5, 5.41) is 2.92. The molecule has 0 aliphatic carbocycles. The minimum absolute atomic E-state index is 0.0107. The van der Waals surface area contributed by atoms with Gasteiger partial charge in [0.1, 0.15) is 5.82 Å². The minimum atomic E-state index is -0.288. The molecule has 1 fully saturated rings. The summed E-state index contributed by atoms with van der Waals surface area (Å²) in [4.78, 5) is 27.5. The zero-order chi connectivity index (χ0) is 18.4. The molecule has 3 rings (SSSR count). The van der Waals surface area contributed by atoms with E-state index in [-0.39, 0.29) is 23.5 Å². The lowest BCUT2D eigenvalue weighted by atomic mass is 9.97. The van der Waals surface area contributed by atoms with Crippen molar-refractivity contribution in [3.63, 3.8) is 0 Å². The molecule has 1 atom stereocenters. The molecule has 1 heterocycles. The summed E-state index contributed by atoms with van der Waals surface area (Å²) in [6.07, 6.45) is 1.60. The van der Waals surface area contributed by atoms with E-state index in [0.717, 1.165) is 23.4 Å². The smallest absolute Gasteiger partial charge is 0.232 e. The van der Waals surface area contributed by atoms with E-state index in [1.54, 1.807) is 17.0 Å². The van der Waals surface area contributed by atoms with E-state index < -0.39 is 0 Å². The van der Waals surface area contributed by atoms with E-state index >= 15 is 0 Å². The summed E-state index contributed by atoms with van der Waals surface area (Å²) in [7, 11) is 0. The van der Waals surface area contributed by atoms with Crippen molar-refractivity contribution in [2.24, 2.45) is 5.92 Å². The number of anilines is 1. The number of hydrogen-bond donors (Lipinski definition) is 1. The fraction of sp³-hybridized carbons (Fsp3) is 0.300. The van der Waals surface area contributed by atoms with Crippen molar-refractivity contribution in [2.75, 3.05) is 24.2 Å². The van der Waals surface area contributed by atoms with Gasteiger partial charge in [-0.3, -0.25) is 9.59 Å². The minimum Gasteiger partial charge on any atom is -0.341 e. The normalized spacial score (nSPS) is 17.0. The van der Waals surface area contributed by atoms with Crippen molar-refractivity contribution in [3.05, 3.63) is 60.4 Å². The largest absolute Gasteiger partial charge is 0.341 e. The number of likely N-dealkylation sites (tertiary alicyclic amines) is 1. The lowest BCUT2D eigenvalue weighted by Crippen LogP contribution is -2.44. The Morgan fingerprint density at radius 2 is 1.85 bits per heavy atom. The molecule has 136 valence electrons. The standard InChI is InChI=1S/C20H21FN2O2S/c21-16-8-10-18(11-9-16)26-14-19(24)23-12-4-5-15(13-23)20(25)22-17-6-2-1-3-7-17/h1-3,6-11,15H,4-5,12-14H2,(H,22,25). The van der Waals surface area contributed by atoms with Gasteiger partial charge in [0, 0.05) is 23.7 Å². The fourth-order valence-corrected chi connectivity index (χ4v) is 3.75. The zero-order valence-corrected chi connectivity index (χ0v) is 15.2. The first-order valence-electron chi connectivity index (χ1n) is 8.64. The van der Waals surface area contributed by atoms with Gasteiger partial charge in [0.2, 0.25) is 11.8 Å². The molecule has 26 heavy (non-hydrogen) atoms. The molecule has 0 radical (unpaired) electrons. The summed E-state index contributed by atoms with van der Waals surface area (Å²) in [6.45, 7) is 1.12. The molecule has 1 aliphatic heterocycles. The van der Waals surface area contributed by atoms with Gasteiger partial charge >= 0.3 is 0 Å². The highest BCUT2D eigenvalue weighted by atomic mass is 32.2. The van der Waals surface area contributed by atoms with Crippen molar-refractivity contribution in [2.45, 2.75) is 17.7 Å². The number of nitrogens with zero attached hydrogens (tertiary/aromatic N) is 1. The SMILES string of the molecule is O=C(Nc1ccccc1)C1CCCN(C(=O)CSc2ccc(F)cc2)C1. The second kappa shape index (κ2) is 8.85. The Kier molecular flexibility index (Phi) is 6.28. The summed E-state index contributed by atoms with van der Waals surface area (Å²) >= 11 is 1.38. The second-order valence-corrected chi connectivity index (χ2v) is 7.33. The van der Waals surface area contributed by atoms with Crippen LogP contribution in [0.3, 0.4) is 0 Å². The first-order chi connectivity index (χ1) is 12.6. The van der Waals surface area contributed by atoms with Crippen LogP contribution in [0.25, 0.3) is 0 Å². The quantitative estimate of drug-likeness (QED) is 0.813. The van der Waals surface area contributed by atoms with Crippen molar-refractivity contribution in [1.29, 1.82) is 0 Å². The average Bonchev–Trinajstić information content (AvgIpc) is 2.68. The highest BCUT2D eigenvalue weighted by Gasteiger charge is 2.28. The van der Waals surface area contributed by atoms with Gasteiger partial charge in [-0.05, 0) is 49.2 Å². The number of hydrogen-bond acceptors (Lipinski definition) is 3. The van der Waals surface area contributed by atoms with Gasteiger partial charge in [-0.15, -0.1) is 11.8 Å². The Morgan fingerprint density at radius 1 is 1.12 bits per heavy atom. The van der Waals surface area contributed by atoms with Gasteiger partial charge in [-0.2, -0.15) is 0 Å². The van der Waals surface area contributed by atoms with Crippen molar-refractivity contribution in [3.8, 4) is 0 Å². The van der Waals surface area contributed by atoms with E-state index in [1.165, 1.54) is 23.9 Å². The molecule has 1 aliphatic rings. The maximum absolute atomic E-state index is 12.9. The van der Waals surface area contributed by atoms with Crippen molar-refractivity contribution >= 4 is 29.3 Å². The molecule has 1 saturated heterocycles. The van der Waals surface area contributed by atoms with Crippen LogP contribution in [0.5, 0.6) is 0 Å². The van der Waals surface area contributed by atoms with Gasteiger partial charge in [-0.25, -0.2) is 4.39 Å². The molecular formula is C20H21FN2O2S. The molecule has 1 N–H and O–H groups in total. The number of benzene rings is 2. The number of nitrogens with one attached hydrogen (secondary N) is 1. The molecule has 0 spiro atoms. The number of carbonyl (C=O) groups is 2. The number of amides is 2. The Balaban J connectivity index is 1.51. The van der Waals surface area contributed by atoms with Crippen molar-refractivity contribution in [1.82, 2.24) is 4.90 Å². The van der Waals surface area contributed by atoms with E-state index in [0.29, 0.717) is 18.8 Å². The Bertz CT molecular complexity index is 752. The number of piperidine rings is 1. The third kappa shape index (κ3) is 5.08. The molecular weight excluding hydrogens is 351 g/mol.